The summed E-state index contributed by atoms with van der Waals surface area (Å²) in [5.41, 5.74) is -0.915. The van der Waals surface area contributed by atoms with Crippen LogP contribution in [0.4, 0.5) is 19.0 Å². The third kappa shape index (κ3) is 2.82. The number of carbonyl (C=O) groups excluding carboxylic acids is 1. The number of pyridine rings is 1. The van der Waals surface area contributed by atoms with Crippen molar-refractivity contribution in [2.45, 2.75) is 32.4 Å². The molecule has 2 aliphatic heterocycles. The first kappa shape index (κ1) is 16.2. The summed E-state index contributed by atoms with van der Waals surface area (Å²) in [7, 11) is 0. The Morgan fingerprint density at radius 1 is 1.39 bits per heavy atom. The van der Waals surface area contributed by atoms with Crippen molar-refractivity contribution in [3.8, 4) is 0 Å². The normalized spacial score (nSPS) is 24.4. The molecule has 0 saturated carbocycles. The molecule has 2 saturated heterocycles. The molecule has 1 spiro atoms. The van der Waals surface area contributed by atoms with Crippen LogP contribution < -0.4 is 10.2 Å². The molecule has 2 aliphatic rings. The molecule has 7 heteroatoms. The van der Waals surface area contributed by atoms with Crippen LogP contribution in [0.1, 0.15) is 31.7 Å². The Bertz CT molecular complexity index is 596. The van der Waals surface area contributed by atoms with Gasteiger partial charge in [-0.05, 0) is 44.5 Å². The summed E-state index contributed by atoms with van der Waals surface area (Å²) in [5, 5.41) is 3.28. The van der Waals surface area contributed by atoms with E-state index in [0.717, 1.165) is 44.3 Å². The molecule has 1 aromatic heterocycles. The van der Waals surface area contributed by atoms with Gasteiger partial charge in [-0.1, -0.05) is 6.92 Å². The Balaban J connectivity index is 1.93. The van der Waals surface area contributed by atoms with Gasteiger partial charge in [-0.15, -0.1) is 0 Å². The molecule has 4 nitrogen and oxygen atoms in total. The fourth-order valence-electron chi connectivity index (χ4n) is 3.93. The number of hydrogen-bond acceptors (Lipinski definition) is 3. The molecule has 0 radical (unpaired) electrons. The van der Waals surface area contributed by atoms with Crippen molar-refractivity contribution in [1.82, 2.24) is 10.3 Å². The highest BCUT2D eigenvalue weighted by Crippen LogP contribution is 2.47. The van der Waals surface area contributed by atoms with E-state index in [1.165, 1.54) is 4.90 Å². The number of alkyl halides is 3. The number of aromatic nitrogens is 1. The van der Waals surface area contributed by atoms with Gasteiger partial charge in [0.1, 0.15) is 5.82 Å². The van der Waals surface area contributed by atoms with E-state index in [2.05, 4.69) is 10.3 Å². The topological polar surface area (TPSA) is 45.2 Å². The highest BCUT2D eigenvalue weighted by Gasteiger charge is 2.52. The summed E-state index contributed by atoms with van der Waals surface area (Å²) in [5.74, 6) is -0.124. The molecule has 0 bridgehead atoms. The summed E-state index contributed by atoms with van der Waals surface area (Å²) >= 11 is 0. The van der Waals surface area contributed by atoms with Crippen LogP contribution in [0.15, 0.2) is 18.3 Å². The number of carbonyl (C=O) groups is 1. The Morgan fingerprint density at radius 3 is 2.70 bits per heavy atom. The third-order valence-corrected chi connectivity index (χ3v) is 5.13. The Hall–Kier alpha value is -1.63. The van der Waals surface area contributed by atoms with Crippen molar-refractivity contribution < 1.29 is 18.0 Å². The zero-order valence-corrected chi connectivity index (χ0v) is 13.0. The van der Waals surface area contributed by atoms with Crippen LogP contribution in [0.25, 0.3) is 0 Å². The summed E-state index contributed by atoms with van der Waals surface area (Å²) in [6.45, 7) is 4.11. The smallest absolute Gasteiger partial charge is 0.317 e. The molecule has 2 fully saturated rings. The second kappa shape index (κ2) is 5.78. The quantitative estimate of drug-likeness (QED) is 0.908. The van der Waals surface area contributed by atoms with E-state index in [1.54, 1.807) is 0 Å². The number of rotatable bonds is 2. The number of nitrogens with one attached hydrogen (secondary N) is 1. The number of piperidine rings is 1. The molecule has 1 atom stereocenters. The van der Waals surface area contributed by atoms with Crippen LogP contribution in [0, 0.1) is 11.3 Å². The summed E-state index contributed by atoms with van der Waals surface area (Å²) in [4.78, 5) is 18.2. The zero-order chi connectivity index (χ0) is 16.7. The lowest BCUT2D eigenvalue weighted by Crippen LogP contribution is -2.42. The van der Waals surface area contributed by atoms with Crippen LogP contribution in [-0.2, 0) is 11.0 Å². The van der Waals surface area contributed by atoms with E-state index in [0.29, 0.717) is 13.0 Å². The van der Waals surface area contributed by atoms with Gasteiger partial charge in [0.25, 0.3) is 0 Å². The molecule has 3 heterocycles. The second-order valence-electron chi connectivity index (χ2n) is 6.40. The third-order valence-electron chi connectivity index (χ3n) is 5.13. The van der Waals surface area contributed by atoms with Crippen molar-refractivity contribution in [1.29, 1.82) is 0 Å². The maximum Gasteiger partial charge on any atom is 0.416 e. The van der Waals surface area contributed by atoms with E-state index in [1.807, 2.05) is 6.92 Å². The predicted octanol–water partition coefficient (Wildman–Crippen LogP) is 2.84. The average molecular weight is 327 g/mol. The van der Waals surface area contributed by atoms with E-state index in [-0.39, 0.29) is 23.1 Å². The minimum atomic E-state index is -4.43. The first-order valence-electron chi connectivity index (χ1n) is 7.93. The van der Waals surface area contributed by atoms with Gasteiger partial charge in [-0.25, -0.2) is 4.98 Å². The highest BCUT2D eigenvalue weighted by atomic mass is 19.4. The van der Waals surface area contributed by atoms with Crippen molar-refractivity contribution in [2.75, 3.05) is 24.5 Å². The van der Waals surface area contributed by atoms with Gasteiger partial charge >= 0.3 is 6.18 Å². The number of anilines is 1. The molecule has 1 N–H and O–H groups in total. The summed E-state index contributed by atoms with van der Waals surface area (Å²) in [6.07, 6.45) is -0.870. The highest BCUT2D eigenvalue weighted by molar-refractivity contribution is 5.97. The predicted molar refractivity (Wildman–Crippen MR) is 79.9 cm³/mol. The second-order valence-corrected chi connectivity index (χ2v) is 6.40. The molecule has 0 aromatic carbocycles. The minimum Gasteiger partial charge on any atom is -0.317 e. The molecule has 1 amide bonds. The lowest BCUT2D eigenvalue weighted by molar-refractivity contribution is -0.137. The van der Waals surface area contributed by atoms with E-state index >= 15 is 0 Å². The number of hydrogen-bond donors (Lipinski definition) is 1. The van der Waals surface area contributed by atoms with Crippen LogP contribution in [0.3, 0.4) is 0 Å². The minimum absolute atomic E-state index is 0.0961. The molecule has 1 unspecified atom stereocenters. The van der Waals surface area contributed by atoms with E-state index < -0.39 is 11.7 Å². The monoisotopic (exact) mass is 327 g/mol. The lowest BCUT2D eigenvalue weighted by atomic mass is 9.70. The largest absolute Gasteiger partial charge is 0.416 e. The molecule has 1 aromatic rings. The van der Waals surface area contributed by atoms with Crippen molar-refractivity contribution in [2.24, 2.45) is 11.3 Å². The number of nitrogens with zero attached hydrogens (tertiary/aromatic N) is 2. The first-order valence-corrected chi connectivity index (χ1v) is 7.93. The maximum atomic E-state index is 12.9. The Labute approximate surface area is 133 Å². The SMILES string of the molecule is CCC1C(=O)N(c2cc(C(F)(F)F)ccn2)CC12CCNCC2. The fraction of sp³-hybridized carbons (Fsp3) is 0.625. The molecular weight excluding hydrogens is 307 g/mol. The van der Waals surface area contributed by atoms with Gasteiger partial charge in [-0.3, -0.25) is 9.69 Å². The number of amides is 1. The molecule has 0 aliphatic carbocycles. The Kier molecular flexibility index (Phi) is 4.08. The van der Waals surface area contributed by atoms with E-state index in [9.17, 15) is 18.0 Å². The molecule has 3 rings (SSSR count). The standard InChI is InChI=1S/C16H20F3N3O/c1-2-12-14(23)22(10-15(12)4-7-20-8-5-15)13-9-11(3-6-21-13)16(17,18)19/h3,6,9,12,20H,2,4-5,7-8,10H2,1H3. The van der Waals surface area contributed by atoms with Crippen molar-refractivity contribution in [3.05, 3.63) is 23.9 Å². The fourth-order valence-corrected chi connectivity index (χ4v) is 3.93. The van der Waals surface area contributed by atoms with Gasteiger partial charge < -0.3 is 5.32 Å². The zero-order valence-electron chi connectivity index (χ0n) is 13.0. The van der Waals surface area contributed by atoms with Crippen LogP contribution in [-0.4, -0.2) is 30.5 Å². The van der Waals surface area contributed by atoms with Crippen molar-refractivity contribution in [3.63, 3.8) is 0 Å². The number of halogens is 3. The van der Waals surface area contributed by atoms with Crippen LogP contribution in [0.5, 0.6) is 0 Å². The van der Waals surface area contributed by atoms with Crippen molar-refractivity contribution >= 4 is 11.7 Å². The molecular formula is C16H20F3N3O. The Morgan fingerprint density at radius 2 is 2.09 bits per heavy atom. The maximum absolute atomic E-state index is 12.9. The van der Waals surface area contributed by atoms with Gasteiger partial charge in [0, 0.05) is 24.1 Å². The molecule has 23 heavy (non-hydrogen) atoms. The van der Waals surface area contributed by atoms with Crippen LogP contribution >= 0.6 is 0 Å². The first-order chi connectivity index (χ1) is 10.9. The van der Waals surface area contributed by atoms with Gasteiger partial charge in [0.05, 0.1) is 5.56 Å². The van der Waals surface area contributed by atoms with Gasteiger partial charge in [-0.2, -0.15) is 13.2 Å². The average Bonchev–Trinajstić information content (AvgIpc) is 2.79. The lowest BCUT2D eigenvalue weighted by Gasteiger charge is -2.37. The molecule has 126 valence electrons. The van der Waals surface area contributed by atoms with Crippen LogP contribution in [0.2, 0.25) is 0 Å². The summed E-state index contributed by atoms with van der Waals surface area (Å²) < 4.78 is 38.7. The van der Waals surface area contributed by atoms with Gasteiger partial charge in [0.2, 0.25) is 5.91 Å². The van der Waals surface area contributed by atoms with Gasteiger partial charge in [0.15, 0.2) is 0 Å². The van der Waals surface area contributed by atoms with E-state index in [4.69, 9.17) is 0 Å². The summed E-state index contributed by atoms with van der Waals surface area (Å²) in [6, 6.07) is 1.91.